The summed E-state index contributed by atoms with van der Waals surface area (Å²) in [6, 6.07) is 2.38. The lowest BCUT2D eigenvalue weighted by molar-refractivity contribution is 0.0694. The number of nitrogen functional groups attached to an aromatic ring is 1. The minimum Gasteiger partial charge on any atom is -0.506 e. The van der Waals surface area contributed by atoms with Gasteiger partial charge in [-0.25, -0.2) is 4.79 Å². The topological polar surface area (TPSA) is 101 Å². The Morgan fingerprint density at radius 2 is 2.00 bits per heavy atom. The van der Waals surface area contributed by atoms with Gasteiger partial charge in [-0.1, -0.05) is 6.58 Å². The van der Waals surface area contributed by atoms with Crippen LogP contribution in [0.3, 0.4) is 0 Å². The van der Waals surface area contributed by atoms with Crippen molar-refractivity contribution in [1.29, 1.82) is 0 Å². The van der Waals surface area contributed by atoms with Crippen LogP contribution in [0.2, 0.25) is 0 Å². The summed E-state index contributed by atoms with van der Waals surface area (Å²) in [5.74, 6) is -2.58. The molecule has 0 aromatic heterocycles. The predicted octanol–water partition coefficient (Wildman–Crippen LogP) is 1.04. The third-order valence-corrected chi connectivity index (χ3v) is 1.87. The summed E-state index contributed by atoms with van der Waals surface area (Å²) in [5.41, 5.74) is 4.86. The molecule has 5 nitrogen and oxygen atoms in total. The maximum absolute atomic E-state index is 11.3. The van der Waals surface area contributed by atoms with E-state index in [2.05, 4.69) is 6.58 Å². The van der Waals surface area contributed by atoms with Crippen molar-refractivity contribution in [1.82, 2.24) is 0 Å². The molecule has 5 heteroatoms. The number of aromatic hydroxyl groups is 1. The van der Waals surface area contributed by atoms with Crippen molar-refractivity contribution in [3.63, 3.8) is 0 Å². The van der Waals surface area contributed by atoms with Crippen LogP contribution < -0.4 is 5.73 Å². The fourth-order valence-corrected chi connectivity index (χ4v) is 1.14. The average Bonchev–Trinajstić information content (AvgIpc) is 2.16. The minimum absolute atomic E-state index is 0.0161. The van der Waals surface area contributed by atoms with Gasteiger partial charge in [0, 0.05) is 5.69 Å². The zero-order chi connectivity index (χ0) is 11.6. The van der Waals surface area contributed by atoms with Crippen LogP contribution >= 0.6 is 0 Å². The van der Waals surface area contributed by atoms with Crippen molar-refractivity contribution in [2.24, 2.45) is 0 Å². The number of carbonyl (C=O) groups excluding carboxylic acids is 1. The molecule has 0 heterocycles. The molecule has 0 aliphatic heterocycles. The van der Waals surface area contributed by atoms with Crippen molar-refractivity contribution in [3.05, 3.63) is 35.9 Å². The van der Waals surface area contributed by atoms with Gasteiger partial charge in [0.15, 0.2) is 5.78 Å². The maximum atomic E-state index is 11.3. The Hall–Kier alpha value is -2.30. The van der Waals surface area contributed by atoms with E-state index in [1.165, 1.54) is 6.07 Å². The number of hydrogen-bond donors (Lipinski definition) is 3. The van der Waals surface area contributed by atoms with E-state index >= 15 is 0 Å². The van der Waals surface area contributed by atoms with Crippen molar-refractivity contribution >= 4 is 17.4 Å². The van der Waals surface area contributed by atoms with Gasteiger partial charge in [0.2, 0.25) is 0 Å². The molecule has 0 bridgehead atoms. The fourth-order valence-electron chi connectivity index (χ4n) is 1.14. The van der Waals surface area contributed by atoms with E-state index in [-0.39, 0.29) is 16.8 Å². The third-order valence-electron chi connectivity index (χ3n) is 1.87. The SMILES string of the molecule is C=CC(=O)c1c(N)ccc(C(=O)O)c1O. The molecule has 0 aliphatic rings. The number of ketones is 1. The molecule has 0 spiro atoms. The average molecular weight is 207 g/mol. The molecular weight excluding hydrogens is 198 g/mol. The summed E-state index contributed by atoms with van der Waals surface area (Å²) in [5, 5.41) is 18.2. The highest BCUT2D eigenvalue weighted by atomic mass is 16.4. The normalized spacial score (nSPS) is 9.60. The van der Waals surface area contributed by atoms with Crippen LogP contribution in [0.4, 0.5) is 5.69 Å². The number of carboxylic acids is 1. The van der Waals surface area contributed by atoms with Crippen LogP contribution in [-0.2, 0) is 0 Å². The van der Waals surface area contributed by atoms with Gasteiger partial charge in [-0.3, -0.25) is 4.79 Å². The van der Waals surface area contributed by atoms with Crippen LogP contribution in [0.5, 0.6) is 5.75 Å². The van der Waals surface area contributed by atoms with E-state index in [0.717, 1.165) is 12.1 Å². The van der Waals surface area contributed by atoms with Crippen molar-refractivity contribution in [3.8, 4) is 5.75 Å². The highest BCUT2D eigenvalue weighted by molar-refractivity contribution is 6.12. The zero-order valence-corrected chi connectivity index (χ0v) is 7.73. The van der Waals surface area contributed by atoms with Crippen LogP contribution in [0.1, 0.15) is 20.7 Å². The van der Waals surface area contributed by atoms with Gasteiger partial charge in [-0.15, -0.1) is 0 Å². The summed E-state index contributed by atoms with van der Waals surface area (Å²) in [6.45, 7) is 3.23. The number of carbonyl (C=O) groups is 2. The molecule has 0 unspecified atom stereocenters. The first-order chi connectivity index (χ1) is 6.99. The molecule has 1 aromatic carbocycles. The lowest BCUT2D eigenvalue weighted by Gasteiger charge is -2.07. The van der Waals surface area contributed by atoms with Gasteiger partial charge < -0.3 is 15.9 Å². The number of phenols is 1. The van der Waals surface area contributed by atoms with Gasteiger partial charge in [0.25, 0.3) is 0 Å². The molecular formula is C10H9NO4. The summed E-state index contributed by atoms with van der Waals surface area (Å²) >= 11 is 0. The fraction of sp³-hybridized carbons (Fsp3) is 0. The summed E-state index contributed by atoms with van der Waals surface area (Å²) in [7, 11) is 0. The molecule has 0 amide bonds. The standard InChI is InChI=1S/C10H9NO4/c1-2-7(12)8-6(11)4-3-5(9(8)13)10(14)15/h2-4,13H,1,11H2,(H,14,15). The highest BCUT2D eigenvalue weighted by Crippen LogP contribution is 2.28. The third kappa shape index (κ3) is 1.80. The molecule has 1 aromatic rings. The zero-order valence-electron chi connectivity index (χ0n) is 7.73. The van der Waals surface area contributed by atoms with Crippen LogP contribution in [0.25, 0.3) is 0 Å². The lowest BCUT2D eigenvalue weighted by Crippen LogP contribution is -2.06. The Labute approximate surface area is 85.5 Å². The minimum atomic E-state index is -1.33. The van der Waals surface area contributed by atoms with E-state index in [0.29, 0.717) is 0 Å². The molecule has 0 saturated carbocycles. The van der Waals surface area contributed by atoms with Crippen LogP contribution in [0, 0.1) is 0 Å². The Bertz CT molecular complexity index is 451. The van der Waals surface area contributed by atoms with E-state index in [1.807, 2.05) is 0 Å². The van der Waals surface area contributed by atoms with Crippen LogP contribution in [-0.4, -0.2) is 22.0 Å². The number of rotatable bonds is 3. The molecule has 0 atom stereocenters. The monoisotopic (exact) mass is 207 g/mol. The lowest BCUT2D eigenvalue weighted by atomic mass is 10.0. The van der Waals surface area contributed by atoms with Crippen molar-refractivity contribution < 1.29 is 19.8 Å². The number of hydrogen-bond acceptors (Lipinski definition) is 4. The summed E-state index contributed by atoms with van der Waals surface area (Å²) < 4.78 is 0. The largest absolute Gasteiger partial charge is 0.506 e. The molecule has 4 N–H and O–H groups in total. The Morgan fingerprint density at radius 3 is 2.47 bits per heavy atom. The number of benzene rings is 1. The van der Waals surface area contributed by atoms with Crippen LogP contribution in [0.15, 0.2) is 24.8 Å². The second kappa shape index (κ2) is 3.83. The second-order valence-electron chi connectivity index (χ2n) is 2.80. The van der Waals surface area contributed by atoms with Gasteiger partial charge in [-0.05, 0) is 18.2 Å². The second-order valence-corrected chi connectivity index (χ2v) is 2.80. The van der Waals surface area contributed by atoms with E-state index in [1.54, 1.807) is 0 Å². The van der Waals surface area contributed by atoms with Crippen molar-refractivity contribution in [2.45, 2.75) is 0 Å². The maximum Gasteiger partial charge on any atom is 0.339 e. The Kier molecular flexibility index (Phi) is 2.75. The molecule has 0 fully saturated rings. The predicted molar refractivity (Wildman–Crippen MR) is 54.0 cm³/mol. The van der Waals surface area contributed by atoms with E-state index in [4.69, 9.17) is 10.8 Å². The number of allylic oxidation sites excluding steroid dienone is 1. The smallest absolute Gasteiger partial charge is 0.339 e. The molecule has 15 heavy (non-hydrogen) atoms. The molecule has 0 aliphatic carbocycles. The number of nitrogens with two attached hydrogens (primary N) is 1. The Morgan fingerprint density at radius 1 is 1.40 bits per heavy atom. The van der Waals surface area contributed by atoms with Gasteiger partial charge in [0.05, 0.1) is 5.56 Å². The molecule has 1 rings (SSSR count). The Balaban J connectivity index is 3.49. The summed E-state index contributed by atoms with van der Waals surface area (Å²) in [4.78, 5) is 21.9. The summed E-state index contributed by atoms with van der Waals surface area (Å²) in [6.07, 6.45) is 0.955. The highest BCUT2D eigenvalue weighted by Gasteiger charge is 2.19. The number of carboxylic acid groups (broad SMARTS) is 1. The quantitative estimate of drug-likeness (QED) is 0.390. The van der Waals surface area contributed by atoms with Gasteiger partial charge >= 0.3 is 5.97 Å². The number of anilines is 1. The first kappa shape index (κ1) is 10.8. The first-order valence-electron chi connectivity index (χ1n) is 4.00. The van der Waals surface area contributed by atoms with E-state index < -0.39 is 17.5 Å². The first-order valence-corrected chi connectivity index (χ1v) is 4.00. The molecule has 0 radical (unpaired) electrons. The van der Waals surface area contributed by atoms with Gasteiger partial charge in [0.1, 0.15) is 11.3 Å². The van der Waals surface area contributed by atoms with E-state index in [9.17, 15) is 14.7 Å². The molecule has 0 saturated heterocycles. The van der Waals surface area contributed by atoms with Gasteiger partial charge in [-0.2, -0.15) is 0 Å². The molecule has 78 valence electrons. The van der Waals surface area contributed by atoms with Crippen molar-refractivity contribution in [2.75, 3.05) is 5.73 Å². The number of aromatic carboxylic acids is 1.